The Morgan fingerprint density at radius 1 is 1.29 bits per heavy atom. The quantitative estimate of drug-likeness (QED) is 0.810. The van der Waals surface area contributed by atoms with Gasteiger partial charge in [-0.3, -0.25) is 0 Å². The summed E-state index contributed by atoms with van der Waals surface area (Å²) in [6, 6.07) is 5.64. The highest BCUT2D eigenvalue weighted by molar-refractivity contribution is 5.48. The van der Waals surface area contributed by atoms with E-state index >= 15 is 0 Å². The first-order valence-electron chi connectivity index (χ1n) is 8.26. The summed E-state index contributed by atoms with van der Waals surface area (Å²) in [6.45, 7) is 7.03. The van der Waals surface area contributed by atoms with Gasteiger partial charge in [-0.1, -0.05) is 32.8 Å². The highest BCUT2D eigenvalue weighted by Crippen LogP contribution is 2.28. The lowest BCUT2D eigenvalue weighted by atomic mass is 10.1. The molecule has 1 aromatic carbocycles. The van der Waals surface area contributed by atoms with Crippen molar-refractivity contribution in [3.8, 4) is 0 Å². The summed E-state index contributed by atoms with van der Waals surface area (Å²) in [6.07, 6.45) is 5.26. The molecule has 0 spiro atoms. The molecule has 0 heterocycles. The van der Waals surface area contributed by atoms with Gasteiger partial charge in [0.05, 0.1) is 5.69 Å². The summed E-state index contributed by atoms with van der Waals surface area (Å²) in [5.74, 6) is 1.26. The first-order chi connectivity index (χ1) is 10.1. The minimum atomic E-state index is -0.0978. The zero-order chi connectivity index (χ0) is 15.2. The standard InChI is InChI=1S/C18H29FN2/c1-14(2)11-20-12-16-8-9-18(17(19)10-16)21(3)13-15-6-4-5-7-15/h8-10,14-15,20H,4-7,11-13H2,1-3H3. The van der Waals surface area contributed by atoms with Gasteiger partial charge in [-0.05, 0) is 48.9 Å². The van der Waals surface area contributed by atoms with Crippen LogP contribution in [0.25, 0.3) is 0 Å². The second-order valence-corrected chi connectivity index (χ2v) is 6.84. The minimum Gasteiger partial charge on any atom is -0.372 e. The molecule has 3 heteroatoms. The lowest BCUT2D eigenvalue weighted by Crippen LogP contribution is -2.25. The molecule has 1 N–H and O–H groups in total. The van der Waals surface area contributed by atoms with Gasteiger partial charge in [-0.2, -0.15) is 0 Å². The number of halogens is 1. The third-order valence-electron chi connectivity index (χ3n) is 4.31. The second kappa shape index (κ2) is 7.79. The van der Waals surface area contributed by atoms with Crippen molar-refractivity contribution in [2.24, 2.45) is 11.8 Å². The lowest BCUT2D eigenvalue weighted by Gasteiger charge is -2.24. The van der Waals surface area contributed by atoms with E-state index in [0.717, 1.165) is 36.8 Å². The van der Waals surface area contributed by atoms with Crippen molar-refractivity contribution in [1.82, 2.24) is 5.32 Å². The van der Waals surface area contributed by atoms with E-state index in [2.05, 4.69) is 24.1 Å². The van der Waals surface area contributed by atoms with E-state index in [1.807, 2.05) is 19.2 Å². The molecule has 0 radical (unpaired) electrons. The summed E-state index contributed by atoms with van der Waals surface area (Å²) in [5, 5.41) is 3.36. The molecule has 0 saturated heterocycles. The van der Waals surface area contributed by atoms with Crippen LogP contribution in [0.2, 0.25) is 0 Å². The Bertz CT molecular complexity index is 439. The normalized spacial score (nSPS) is 15.9. The molecule has 1 aliphatic carbocycles. The molecule has 118 valence electrons. The van der Waals surface area contributed by atoms with E-state index in [1.165, 1.54) is 25.7 Å². The van der Waals surface area contributed by atoms with Crippen LogP contribution in [0.3, 0.4) is 0 Å². The Balaban J connectivity index is 1.91. The molecule has 1 aliphatic rings. The zero-order valence-electron chi connectivity index (χ0n) is 13.7. The maximum absolute atomic E-state index is 14.3. The summed E-state index contributed by atoms with van der Waals surface area (Å²) >= 11 is 0. The van der Waals surface area contributed by atoms with Gasteiger partial charge in [0.2, 0.25) is 0 Å². The van der Waals surface area contributed by atoms with E-state index in [0.29, 0.717) is 5.92 Å². The third kappa shape index (κ3) is 4.99. The van der Waals surface area contributed by atoms with Crippen molar-refractivity contribution in [1.29, 1.82) is 0 Å². The molecule has 0 aromatic heterocycles. The van der Waals surface area contributed by atoms with Crippen molar-refractivity contribution in [3.05, 3.63) is 29.6 Å². The Morgan fingerprint density at radius 3 is 2.62 bits per heavy atom. The highest BCUT2D eigenvalue weighted by atomic mass is 19.1. The number of hydrogen-bond donors (Lipinski definition) is 1. The smallest absolute Gasteiger partial charge is 0.146 e. The number of nitrogens with one attached hydrogen (secondary N) is 1. The largest absolute Gasteiger partial charge is 0.372 e. The molecule has 0 amide bonds. The van der Waals surface area contributed by atoms with Crippen LogP contribution in [-0.2, 0) is 6.54 Å². The second-order valence-electron chi connectivity index (χ2n) is 6.84. The topological polar surface area (TPSA) is 15.3 Å². The maximum atomic E-state index is 14.3. The van der Waals surface area contributed by atoms with Gasteiger partial charge < -0.3 is 10.2 Å². The van der Waals surface area contributed by atoms with E-state index in [4.69, 9.17) is 0 Å². The van der Waals surface area contributed by atoms with Crippen molar-refractivity contribution in [3.63, 3.8) is 0 Å². The monoisotopic (exact) mass is 292 g/mol. The van der Waals surface area contributed by atoms with Crippen LogP contribution in [0.5, 0.6) is 0 Å². The van der Waals surface area contributed by atoms with Crippen LogP contribution in [0.1, 0.15) is 45.1 Å². The van der Waals surface area contributed by atoms with Gasteiger partial charge in [-0.25, -0.2) is 4.39 Å². The first-order valence-corrected chi connectivity index (χ1v) is 8.26. The fourth-order valence-electron chi connectivity index (χ4n) is 3.15. The van der Waals surface area contributed by atoms with Crippen molar-refractivity contribution < 1.29 is 4.39 Å². The molecular weight excluding hydrogens is 263 g/mol. The van der Waals surface area contributed by atoms with Crippen LogP contribution >= 0.6 is 0 Å². The van der Waals surface area contributed by atoms with Gasteiger partial charge in [-0.15, -0.1) is 0 Å². The molecule has 1 saturated carbocycles. The molecule has 2 rings (SSSR count). The Morgan fingerprint density at radius 2 is 2.00 bits per heavy atom. The SMILES string of the molecule is CC(C)CNCc1ccc(N(C)CC2CCCC2)c(F)c1. The van der Waals surface area contributed by atoms with Crippen molar-refractivity contribution >= 4 is 5.69 Å². The van der Waals surface area contributed by atoms with Gasteiger partial charge in [0.1, 0.15) is 5.82 Å². The predicted molar refractivity (Wildman–Crippen MR) is 88.2 cm³/mol. The Labute approximate surface area is 128 Å². The van der Waals surface area contributed by atoms with Gasteiger partial charge in [0.15, 0.2) is 0 Å². The molecule has 21 heavy (non-hydrogen) atoms. The summed E-state index contributed by atoms with van der Waals surface area (Å²) < 4.78 is 14.3. The number of rotatable bonds is 7. The number of hydrogen-bond acceptors (Lipinski definition) is 2. The van der Waals surface area contributed by atoms with Crippen molar-refractivity contribution in [2.75, 3.05) is 25.0 Å². The third-order valence-corrected chi connectivity index (χ3v) is 4.31. The fourth-order valence-corrected chi connectivity index (χ4v) is 3.15. The lowest BCUT2D eigenvalue weighted by molar-refractivity contribution is 0.536. The Kier molecular flexibility index (Phi) is 6.04. The average Bonchev–Trinajstić information content (AvgIpc) is 2.91. The van der Waals surface area contributed by atoms with E-state index in [1.54, 1.807) is 6.07 Å². The minimum absolute atomic E-state index is 0.0978. The van der Waals surface area contributed by atoms with Crippen LogP contribution in [0, 0.1) is 17.7 Å². The van der Waals surface area contributed by atoms with Crippen LogP contribution in [0.15, 0.2) is 18.2 Å². The molecular formula is C18H29FN2. The average molecular weight is 292 g/mol. The molecule has 0 bridgehead atoms. The summed E-state index contributed by atoms with van der Waals surface area (Å²) in [7, 11) is 2.01. The number of benzene rings is 1. The predicted octanol–water partition coefficient (Wildman–Crippen LogP) is 4.20. The van der Waals surface area contributed by atoms with Gasteiger partial charge in [0, 0.05) is 20.1 Å². The molecule has 0 unspecified atom stereocenters. The van der Waals surface area contributed by atoms with E-state index in [9.17, 15) is 4.39 Å². The summed E-state index contributed by atoms with van der Waals surface area (Å²) in [4.78, 5) is 2.08. The highest BCUT2D eigenvalue weighted by Gasteiger charge is 2.18. The van der Waals surface area contributed by atoms with Crippen LogP contribution in [0.4, 0.5) is 10.1 Å². The first kappa shape index (κ1) is 16.3. The maximum Gasteiger partial charge on any atom is 0.146 e. The zero-order valence-corrected chi connectivity index (χ0v) is 13.7. The molecule has 0 aliphatic heterocycles. The van der Waals surface area contributed by atoms with Crippen LogP contribution in [-0.4, -0.2) is 20.1 Å². The summed E-state index contributed by atoms with van der Waals surface area (Å²) in [5.41, 5.74) is 1.75. The van der Waals surface area contributed by atoms with Crippen LogP contribution < -0.4 is 10.2 Å². The van der Waals surface area contributed by atoms with Gasteiger partial charge in [0.25, 0.3) is 0 Å². The number of anilines is 1. The van der Waals surface area contributed by atoms with Gasteiger partial charge >= 0.3 is 0 Å². The van der Waals surface area contributed by atoms with E-state index in [-0.39, 0.29) is 5.82 Å². The number of nitrogens with zero attached hydrogens (tertiary/aromatic N) is 1. The molecule has 0 atom stereocenters. The van der Waals surface area contributed by atoms with E-state index < -0.39 is 0 Å². The Hall–Kier alpha value is -1.09. The van der Waals surface area contributed by atoms with Crippen molar-refractivity contribution in [2.45, 2.75) is 46.1 Å². The molecule has 1 fully saturated rings. The molecule has 2 nitrogen and oxygen atoms in total. The molecule has 1 aromatic rings. The fraction of sp³-hybridized carbons (Fsp3) is 0.667.